The number of nitrogens with zero attached hydrogens (tertiary/aromatic N) is 2. The molecule has 2 heterocycles. The van der Waals surface area contributed by atoms with Crippen LogP contribution in [0, 0.1) is 39.0 Å². The third-order valence-corrected chi connectivity index (χ3v) is 5.92. The lowest BCUT2D eigenvalue weighted by molar-refractivity contribution is 0.303. The summed E-state index contributed by atoms with van der Waals surface area (Å²) >= 11 is 6.05. The molecule has 2 aromatic carbocycles. The van der Waals surface area contributed by atoms with Gasteiger partial charge >= 0.3 is 0 Å². The van der Waals surface area contributed by atoms with Crippen molar-refractivity contribution in [3.63, 3.8) is 0 Å². The number of aromatic nitrogens is 2. The van der Waals surface area contributed by atoms with E-state index in [9.17, 15) is 5.26 Å². The third-order valence-electron chi connectivity index (χ3n) is 5.69. The van der Waals surface area contributed by atoms with Gasteiger partial charge in [0.25, 0.3) is 0 Å². The van der Waals surface area contributed by atoms with Gasteiger partial charge in [0.05, 0.1) is 5.92 Å². The fourth-order valence-electron chi connectivity index (χ4n) is 4.02. The maximum Gasteiger partial charge on any atom is 0.244 e. The number of nitrogens with one attached hydrogen (secondary N) is 1. The van der Waals surface area contributed by atoms with Crippen molar-refractivity contribution in [1.29, 1.82) is 5.26 Å². The summed E-state index contributed by atoms with van der Waals surface area (Å²) in [6, 6.07) is 12.0. The second-order valence-corrected chi connectivity index (χ2v) is 8.26. The molecule has 31 heavy (non-hydrogen) atoms. The lowest BCUT2D eigenvalue weighted by Crippen LogP contribution is -2.21. The maximum absolute atomic E-state index is 9.83. The number of aromatic amines is 1. The molecule has 0 bridgehead atoms. The molecular formula is C24H23ClN4O2. The second-order valence-electron chi connectivity index (χ2n) is 7.83. The average Bonchev–Trinajstić information content (AvgIpc) is 3.08. The van der Waals surface area contributed by atoms with E-state index in [0.717, 1.165) is 44.8 Å². The van der Waals surface area contributed by atoms with Gasteiger partial charge in [0.15, 0.2) is 0 Å². The zero-order valence-corrected chi connectivity index (χ0v) is 18.6. The van der Waals surface area contributed by atoms with Crippen LogP contribution in [-0.4, -0.2) is 10.2 Å². The Morgan fingerprint density at radius 3 is 2.65 bits per heavy atom. The molecular weight excluding hydrogens is 412 g/mol. The molecule has 0 saturated carbocycles. The van der Waals surface area contributed by atoms with E-state index >= 15 is 0 Å². The zero-order valence-electron chi connectivity index (χ0n) is 17.8. The van der Waals surface area contributed by atoms with Gasteiger partial charge in [-0.15, -0.1) is 5.10 Å². The van der Waals surface area contributed by atoms with Crippen LogP contribution in [0.3, 0.4) is 0 Å². The molecule has 0 saturated heterocycles. The lowest BCUT2D eigenvalue weighted by atomic mass is 9.81. The molecule has 0 radical (unpaired) electrons. The molecule has 1 aliphatic heterocycles. The normalized spacial score (nSPS) is 15.3. The standard InChI is InChI=1S/C24H23ClN4O2/c1-12-7-13(2)18(9-16(12)11-30-20-6-5-17(25)8-14(20)3)22-19(10-26)23(27)31-24-21(22)15(4)28-29-24/h5-9,22H,11,27H2,1-4H3,(H,28,29)/t22-/m0/s1. The predicted octanol–water partition coefficient (Wildman–Crippen LogP) is 5.09. The molecule has 1 atom stereocenters. The molecule has 0 aliphatic carbocycles. The summed E-state index contributed by atoms with van der Waals surface area (Å²) in [5, 5.41) is 17.7. The molecule has 4 rings (SSSR count). The molecule has 158 valence electrons. The van der Waals surface area contributed by atoms with Gasteiger partial charge in [-0.2, -0.15) is 5.26 Å². The van der Waals surface area contributed by atoms with Gasteiger partial charge in [0, 0.05) is 16.3 Å². The third kappa shape index (κ3) is 3.73. The van der Waals surface area contributed by atoms with Crippen LogP contribution in [-0.2, 0) is 6.61 Å². The van der Waals surface area contributed by atoms with Crippen LogP contribution >= 0.6 is 11.6 Å². The van der Waals surface area contributed by atoms with Crippen LogP contribution in [0.15, 0.2) is 41.8 Å². The monoisotopic (exact) mass is 434 g/mol. The number of allylic oxidation sites excluding steroid dienone is 1. The lowest BCUT2D eigenvalue weighted by Gasteiger charge is -2.26. The van der Waals surface area contributed by atoms with Gasteiger partial charge in [-0.1, -0.05) is 23.7 Å². The first-order valence-electron chi connectivity index (χ1n) is 9.91. The molecule has 0 unspecified atom stereocenters. The highest BCUT2D eigenvalue weighted by Gasteiger charge is 2.35. The number of fused-ring (bicyclic) bond motifs is 1. The Morgan fingerprint density at radius 1 is 1.16 bits per heavy atom. The van der Waals surface area contributed by atoms with E-state index in [-0.39, 0.29) is 11.8 Å². The Bertz CT molecular complexity index is 1250. The molecule has 6 nitrogen and oxygen atoms in total. The Balaban J connectivity index is 1.76. The van der Waals surface area contributed by atoms with E-state index in [1.165, 1.54) is 0 Å². The molecule has 1 aromatic heterocycles. The topological polar surface area (TPSA) is 97.0 Å². The van der Waals surface area contributed by atoms with Crippen molar-refractivity contribution < 1.29 is 9.47 Å². The fraction of sp³-hybridized carbons (Fsp3) is 0.250. The molecule has 0 amide bonds. The van der Waals surface area contributed by atoms with Gasteiger partial charge in [0.2, 0.25) is 11.8 Å². The van der Waals surface area contributed by atoms with E-state index in [0.29, 0.717) is 23.1 Å². The second kappa shape index (κ2) is 8.01. The van der Waals surface area contributed by atoms with Gasteiger partial charge in [-0.25, -0.2) is 0 Å². The molecule has 7 heteroatoms. The van der Waals surface area contributed by atoms with E-state index in [4.69, 9.17) is 26.8 Å². The Morgan fingerprint density at radius 2 is 1.94 bits per heavy atom. The number of rotatable bonds is 4. The predicted molar refractivity (Wildman–Crippen MR) is 119 cm³/mol. The smallest absolute Gasteiger partial charge is 0.244 e. The SMILES string of the molecule is Cc1cc(C)c([C@H]2C(C#N)=C(N)Oc3n[nH]c(C)c32)cc1COc1ccc(Cl)cc1C. The van der Waals surface area contributed by atoms with E-state index in [1.54, 1.807) is 0 Å². The van der Waals surface area contributed by atoms with Gasteiger partial charge in [0.1, 0.15) is 24.0 Å². The van der Waals surface area contributed by atoms with E-state index in [1.807, 2.05) is 39.0 Å². The molecule has 3 N–H and O–H groups in total. The number of benzene rings is 2. The number of hydrogen-bond donors (Lipinski definition) is 2. The van der Waals surface area contributed by atoms with Crippen molar-refractivity contribution in [2.45, 2.75) is 40.2 Å². The van der Waals surface area contributed by atoms with Crippen LogP contribution in [0.5, 0.6) is 11.6 Å². The first-order chi connectivity index (χ1) is 14.8. The number of halogens is 1. The number of aryl methyl sites for hydroxylation is 4. The van der Waals surface area contributed by atoms with Crippen LogP contribution in [0.1, 0.15) is 45.0 Å². The van der Waals surface area contributed by atoms with Gasteiger partial charge < -0.3 is 15.2 Å². The minimum atomic E-state index is -0.357. The minimum Gasteiger partial charge on any atom is -0.489 e. The van der Waals surface area contributed by atoms with Crippen LogP contribution in [0.4, 0.5) is 0 Å². The summed E-state index contributed by atoms with van der Waals surface area (Å²) in [4.78, 5) is 0. The Labute approximate surface area is 186 Å². The highest BCUT2D eigenvalue weighted by atomic mass is 35.5. The van der Waals surface area contributed by atoms with Crippen molar-refractivity contribution in [1.82, 2.24) is 10.2 Å². The Kier molecular flexibility index (Phi) is 5.38. The molecule has 1 aliphatic rings. The highest BCUT2D eigenvalue weighted by Crippen LogP contribution is 2.44. The molecule has 0 spiro atoms. The summed E-state index contributed by atoms with van der Waals surface area (Å²) < 4.78 is 11.7. The number of ether oxygens (including phenoxy) is 2. The zero-order chi connectivity index (χ0) is 22.3. The number of hydrogen-bond acceptors (Lipinski definition) is 5. The van der Waals surface area contributed by atoms with Crippen molar-refractivity contribution in [2.24, 2.45) is 5.73 Å². The first kappa shape index (κ1) is 20.8. The number of nitriles is 1. The van der Waals surface area contributed by atoms with Crippen molar-refractivity contribution >= 4 is 11.6 Å². The summed E-state index contributed by atoms with van der Waals surface area (Å²) in [7, 11) is 0. The minimum absolute atomic E-state index is 0.0843. The fourth-order valence-corrected chi connectivity index (χ4v) is 4.25. The summed E-state index contributed by atoms with van der Waals surface area (Å²) in [6.45, 7) is 8.36. The molecule has 0 fully saturated rings. The van der Waals surface area contributed by atoms with E-state index in [2.05, 4.69) is 35.3 Å². The van der Waals surface area contributed by atoms with Crippen LogP contribution < -0.4 is 15.2 Å². The first-order valence-corrected chi connectivity index (χ1v) is 10.3. The summed E-state index contributed by atoms with van der Waals surface area (Å²) in [5.74, 6) is 0.922. The number of H-pyrrole nitrogens is 1. The van der Waals surface area contributed by atoms with Gasteiger partial charge in [-0.3, -0.25) is 5.10 Å². The van der Waals surface area contributed by atoms with Crippen LogP contribution in [0.25, 0.3) is 0 Å². The maximum atomic E-state index is 9.83. The van der Waals surface area contributed by atoms with Crippen LogP contribution in [0.2, 0.25) is 5.02 Å². The number of nitrogens with two attached hydrogens (primary N) is 1. The van der Waals surface area contributed by atoms with E-state index < -0.39 is 0 Å². The van der Waals surface area contributed by atoms with Crippen molar-refractivity contribution in [2.75, 3.05) is 0 Å². The van der Waals surface area contributed by atoms with Gasteiger partial charge in [-0.05, 0) is 73.7 Å². The quantitative estimate of drug-likeness (QED) is 0.595. The average molecular weight is 435 g/mol. The summed E-state index contributed by atoms with van der Waals surface area (Å²) in [5.41, 5.74) is 13.3. The van der Waals surface area contributed by atoms with Crippen molar-refractivity contribution in [3.8, 4) is 17.7 Å². The highest BCUT2D eigenvalue weighted by molar-refractivity contribution is 6.30. The Hall–Kier alpha value is -3.43. The largest absolute Gasteiger partial charge is 0.489 e. The molecule has 3 aromatic rings. The summed E-state index contributed by atoms with van der Waals surface area (Å²) in [6.07, 6.45) is 0. The van der Waals surface area contributed by atoms with Crippen molar-refractivity contribution in [3.05, 3.63) is 85.9 Å².